The molecule has 1 atom stereocenters. The quantitative estimate of drug-likeness (QED) is 0.456. The van der Waals surface area contributed by atoms with Gasteiger partial charge in [0, 0.05) is 8.59 Å². The number of halogens is 2. The molecule has 0 fully saturated rings. The largest absolute Gasteiger partial charge is 0.466 e. The number of ether oxygens (including phenoxy) is 2. The maximum Gasteiger partial charge on any atom is 0.355 e. The number of esters is 2. The summed E-state index contributed by atoms with van der Waals surface area (Å²) in [4.78, 5) is 27.3. The van der Waals surface area contributed by atoms with E-state index in [-0.39, 0.29) is 22.7 Å². The number of nitriles is 1. The zero-order chi connectivity index (χ0) is 22.7. The summed E-state index contributed by atoms with van der Waals surface area (Å²) in [7, 11) is 2.40. The lowest BCUT2D eigenvalue weighted by Gasteiger charge is -2.36. The van der Waals surface area contributed by atoms with Crippen molar-refractivity contribution in [3.8, 4) is 6.07 Å². The van der Waals surface area contributed by atoms with E-state index in [2.05, 4.69) is 28.7 Å². The number of anilines is 1. The van der Waals surface area contributed by atoms with Crippen LogP contribution in [0.1, 0.15) is 11.5 Å². The SMILES string of the molecule is COC(=O)C1=C(C(=O)OC)N(c2cc(Cl)ccc2I)C(N)=C(C#N)C1c1ccccc1. The normalized spacial score (nSPS) is 16.1. The van der Waals surface area contributed by atoms with Crippen LogP contribution in [0.15, 0.2) is 71.2 Å². The Kier molecular flexibility index (Phi) is 6.87. The van der Waals surface area contributed by atoms with Gasteiger partial charge in [-0.15, -0.1) is 0 Å². The Bertz CT molecular complexity index is 1160. The number of carbonyl (C=O) groups excluding carboxylic acids is 2. The fourth-order valence-electron chi connectivity index (χ4n) is 3.42. The van der Waals surface area contributed by atoms with Crippen LogP contribution in [0.3, 0.4) is 0 Å². The third-order valence-corrected chi connectivity index (χ3v) is 5.91. The van der Waals surface area contributed by atoms with Crippen molar-refractivity contribution in [2.24, 2.45) is 5.73 Å². The van der Waals surface area contributed by atoms with Gasteiger partial charge in [-0.3, -0.25) is 4.90 Å². The van der Waals surface area contributed by atoms with Crippen LogP contribution in [-0.2, 0) is 19.1 Å². The summed E-state index contributed by atoms with van der Waals surface area (Å²) >= 11 is 8.24. The lowest BCUT2D eigenvalue weighted by Crippen LogP contribution is -2.41. The summed E-state index contributed by atoms with van der Waals surface area (Å²) in [6.45, 7) is 0. The van der Waals surface area contributed by atoms with E-state index in [9.17, 15) is 14.9 Å². The van der Waals surface area contributed by atoms with Gasteiger partial charge in [-0.1, -0.05) is 41.9 Å². The third kappa shape index (κ3) is 4.11. The molecule has 0 bridgehead atoms. The van der Waals surface area contributed by atoms with Crippen molar-refractivity contribution >= 4 is 51.8 Å². The smallest absolute Gasteiger partial charge is 0.355 e. The van der Waals surface area contributed by atoms with Crippen LogP contribution in [0.25, 0.3) is 0 Å². The molecule has 0 spiro atoms. The Morgan fingerprint density at radius 2 is 1.77 bits per heavy atom. The van der Waals surface area contributed by atoms with Crippen molar-refractivity contribution in [1.29, 1.82) is 5.26 Å². The summed E-state index contributed by atoms with van der Waals surface area (Å²) in [5.74, 6) is -2.51. The molecule has 0 radical (unpaired) electrons. The summed E-state index contributed by atoms with van der Waals surface area (Å²) in [6, 6.07) is 15.9. The highest BCUT2D eigenvalue weighted by Gasteiger charge is 2.43. The van der Waals surface area contributed by atoms with Crippen LogP contribution < -0.4 is 10.6 Å². The van der Waals surface area contributed by atoms with Gasteiger partial charge in [0.25, 0.3) is 0 Å². The molecule has 0 amide bonds. The van der Waals surface area contributed by atoms with Gasteiger partial charge in [0.1, 0.15) is 11.5 Å². The lowest BCUT2D eigenvalue weighted by atomic mass is 9.81. The number of methoxy groups -OCH3 is 2. The maximum atomic E-state index is 13.0. The second kappa shape index (κ2) is 9.41. The van der Waals surface area contributed by atoms with Crippen molar-refractivity contribution in [1.82, 2.24) is 0 Å². The Hall–Kier alpha value is -3.03. The van der Waals surface area contributed by atoms with Gasteiger partial charge in [0.15, 0.2) is 0 Å². The molecule has 1 aliphatic rings. The van der Waals surface area contributed by atoms with Gasteiger partial charge in [-0.2, -0.15) is 5.26 Å². The Morgan fingerprint density at radius 3 is 2.35 bits per heavy atom. The molecule has 3 rings (SSSR count). The third-order valence-electron chi connectivity index (χ3n) is 4.76. The molecule has 0 aliphatic carbocycles. The highest BCUT2D eigenvalue weighted by Crippen LogP contribution is 2.44. The number of rotatable bonds is 4. The summed E-state index contributed by atoms with van der Waals surface area (Å²) in [5.41, 5.74) is 7.37. The standard InChI is InChI=1S/C22H17ClIN3O4/c1-30-21(28)18-17(12-6-4-3-5-7-12)14(11-25)20(26)27(19(18)22(29)31-2)16-10-13(23)8-9-15(16)24/h3-10,17H,26H2,1-2H3. The number of hydrogen-bond acceptors (Lipinski definition) is 7. The van der Waals surface area contributed by atoms with Crippen LogP contribution in [-0.4, -0.2) is 26.2 Å². The minimum absolute atomic E-state index is 0.00964. The molecule has 1 unspecified atom stereocenters. The fourth-order valence-corrected chi connectivity index (χ4v) is 4.16. The molecule has 2 aromatic carbocycles. The van der Waals surface area contributed by atoms with E-state index >= 15 is 0 Å². The summed E-state index contributed by atoms with van der Waals surface area (Å²) in [5, 5.41) is 10.4. The number of nitrogens with two attached hydrogens (primary N) is 1. The van der Waals surface area contributed by atoms with Crippen LogP contribution >= 0.6 is 34.2 Å². The van der Waals surface area contributed by atoms with Gasteiger partial charge in [0.05, 0.1) is 43.0 Å². The predicted octanol–water partition coefficient (Wildman–Crippen LogP) is 3.84. The van der Waals surface area contributed by atoms with Gasteiger partial charge >= 0.3 is 11.9 Å². The molecule has 0 saturated heterocycles. The number of hydrogen-bond donors (Lipinski definition) is 1. The van der Waals surface area contributed by atoms with E-state index in [0.29, 0.717) is 19.8 Å². The first-order chi connectivity index (χ1) is 14.8. The van der Waals surface area contributed by atoms with E-state index in [1.54, 1.807) is 48.5 Å². The van der Waals surface area contributed by atoms with Crippen molar-refractivity contribution in [2.45, 2.75) is 5.92 Å². The van der Waals surface area contributed by atoms with E-state index in [1.807, 2.05) is 0 Å². The Balaban J connectivity index is 2.45. The fraction of sp³-hybridized carbons (Fsp3) is 0.136. The molecule has 1 heterocycles. The number of allylic oxidation sites excluding steroid dienone is 1. The number of benzene rings is 2. The van der Waals surface area contributed by atoms with Gasteiger partial charge < -0.3 is 15.2 Å². The van der Waals surface area contributed by atoms with Crippen molar-refractivity contribution in [3.05, 3.63) is 85.4 Å². The average molecular weight is 550 g/mol. The first-order valence-corrected chi connectivity index (χ1v) is 10.4. The molecule has 9 heteroatoms. The molecule has 2 N–H and O–H groups in total. The van der Waals surface area contributed by atoms with E-state index in [1.165, 1.54) is 19.1 Å². The first-order valence-electron chi connectivity index (χ1n) is 8.96. The van der Waals surface area contributed by atoms with Gasteiger partial charge in [-0.25, -0.2) is 9.59 Å². The van der Waals surface area contributed by atoms with Crippen molar-refractivity contribution < 1.29 is 19.1 Å². The second-order valence-corrected chi connectivity index (χ2v) is 8.03. The number of carbonyl (C=O) groups is 2. The Labute approximate surface area is 197 Å². The van der Waals surface area contributed by atoms with Crippen LogP contribution in [0.4, 0.5) is 5.69 Å². The zero-order valence-corrected chi connectivity index (χ0v) is 19.5. The average Bonchev–Trinajstić information content (AvgIpc) is 2.79. The molecule has 0 aromatic heterocycles. The highest BCUT2D eigenvalue weighted by molar-refractivity contribution is 14.1. The van der Waals surface area contributed by atoms with E-state index in [4.69, 9.17) is 26.8 Å². The molecule has 0 saturated carbocycles. The maximum absolute atomic E-state index is 13.0. The van der Waals surface area contributed by atoms with Crippen molar-refractivity contribution in [3.63, 3.8) is 0 Å². The van der Waals surface area contributed by atoms with Gasteiger partial charge in [0.2, 0.25) is 0 Å². The molecule has 7 nitrogen and oxygen atoms in total. The second-order valence-electron chi connectivity index (χ2n) is 6.43. The molecule has 2 aromatic rings. The van der Waals surface area contributed by atoms with E-state index < -0.39 is 17.9 Å². The molecular formula is C22H17ClIN3O4. The van der Waals surface area contributed by atoms with Crippen LogP contribution in [0, 0.1) is 14.9 Å². The minimum Gasteiger partial charge on any atom is -0.466 e. The lowest BCUT2D eigenvalue weighted by molar-refractivity contribution is -0.139. The number of nitrogens with zero attached hydrogens (tertiary/aromatic N) is 2. The van der Waals surface area contributed by atoms with Crippen LogP contribution in [0.5, 0.6) is 0 Å². The van der Waals surface area contributed by atoms with Crippen molar-refractivity contribution in [2.75, 3.05) is 19.1 Å². The summed E-state index contributed by atoms with van der Waals surface area (Å²) < 4.78 is 10.7. The van der Waals surface area contributed by atoms with Crippen LogP contribution in [0.2, 0.25) is 5.02 Å². The molecular weight excluding hydrogens is 533 g/mol. The highest BCUT2D eigenvalue weighted by atomic mass is 127. The molecule has 1 aliphatic heterocycles. The topological polar surface area (TPSA) is 106 Å². The minimum atomic E-state index is -0.916. The van der Waals surface area contributed by atoms with Gasteiger partial charge in [-0.05, 0) is 46.4 Å². The predicted molar refractivity (Wildman–Crippen MR) is 124 cm³/mol. The molecule has 31 heavy (non-hydrogen) atoms. The summed E-state index contributed by atoms with van der Waals surface area (Å²) in [6.07, 6.45) is 0. The van der Waals surface area contributed by atoms with E-state index in [0.717, 1.165) is 0 Å². The molecule has 158 valence electrons. The monoisotopic (exact) mass is 549 g/mol. The zero-order valence-electron chi connectivity index (χ0n) is 16.6. The first kappa shape index (κ1) is 22.7. The Morgan fingerprint density at radius 1 is 1.13 bits per heavy atom.